The van der Waals surface area contributed by atoms with Crippen LogP contribution in [0, 0.1) is 0 Å². The molecule has 1 aliphatic rings. The summed E-state index contributed by atoms with van der Waals surface area (Å²) >= 11 is 4.83. The van der Waals surface area contributed by atoms with Crippen LogP contribution in [0.4, 0.5) is 0 Å². The summed E-state index contributed by atoms with van der Waals surface area (Å²) in [6.45, 7) is 2.34. The zero-order valence-electron chi connectivity index (χ0n) is 20.9. The van der Waals surface area contributed by atoms with Crippen molar-refractivity contribution >= 4 is 39.3 Å². The van der Waals surface area contributed by atoms with Gasteiger partial charge in [-0.3, -0.25) is 9.36 Å². The number of thiazole rings is 1. The highest BCUT2D eigenvalue weighted by Gasteiger charge is 2.33. The number of hydrogen-bond donors (Lipinski definition) is 0. The van der Waals surface area contributed by atoms with Gasteiger partial charge in [-0.15, -0.1) is 0 Å². The zero-order chi connectivity index (χ0) is 26.6. The summed E-state index contributed by atoms with van der Waals surface area (Å²) in [6.07, 6.45) is 2.35. The standard InChI is InChI=1S/C30H25BrN2O4S/c1-3-23-26(29(35)36-2)27(20-12-8-5-9-13-20)33-28(34)25(38-30(33)32-23)17-21-16-22(31)14-15-24(21)37-18-19-10-6-4-7-11-19/h4-17,27H,3,18H2,1-2H3/b25-17-/t27-/m0/s1. The summed E-state index contributed by atoms with van der Waals surface area (Å²) in [5.41, 5.74) is 3.40. The second-order valence-electron chi connectivity index (χ2n) is 8.66. The normalized spacial score (nSPS) is 15.1. The molecule has 4 aromatic rings. The number of ether oxygens (including phenoxy) is 2. The number of carbonyl (C=O) groups excluding carboxylic acids is 1. The lowest BCUT2D eigenvalue weighted by Gasteiger charge is -2.25. The number of allylic oxidation sites excluding steroid dienone is 1. The van der Waals surface area contributed by atoms with Crippen LogP contribution in [0.15, 0.2) is 104 Å². The summed E-state index contributed by atoms with van der Waals surface area (Å²) in [5, 5.41) is 0. The number of halogens is 1. The Hall–Kier alpha value is -3.75. The molecule has 0 aliphatic carbocycles. The van der Waals surface area contributed by atoms with E-state index in [1.165, 1.54) is 18.4 Å². The van der Waals surface area contributed by atoms with E-state index in [4.69, 9.17) is 14.5 Å². The third kappa shape index (κ3) is 5.14. The van der Waals surface area contributed by atoms with Crippen LogP contribution in [0.5, 0.6) is 5.75 Å². The van der Waals surface area contributed by atoms with Crippen molar-refractivity contribution in [2.45, 2.75) is 26.0 Å². The fourth-order valence-corrected chi connectivity index (χ4v) is 5.84. The predicted octanol–water partition coefficient (Wildman–Crippen LogP) is 5.14. The number of aromatic nitrogens is 1. The summed E-state index contributed by atoms with van der Waals surface area (Å²) < 4.78 is 14.2. The summed E-state index contributed by atoms with van der Waals surface area (Å²) in [7, 11) is 1.35. The average molecular weight is 590 g/mol. The third-order valence-electron chi connectivity index (χ3n) is 6.26. The van der Waals surface area contributed by atoms with Crippen LogP contribution in [0.2, 0.25) is 0 Å². The molecule has 0 spiro atoms. The molecule has 0 saturated heterocycles. The number of carbonyl (C=O) groups is 1. The van der Waals surface area contributed by atoms with E-state index in [9.17, 15) is 9.59 Å². The zero-order valence-corrected chi connectivity index (χ0v) is 23.3. The molecule has 0 saturated carbocycles. The predicted molar refractivity (Wildman–Crippen MR) is 152 cm³/mol. The Kier molecular flexibility index (Phi) is 7.72. The van der Waals surface area contributed by atoms with E-state index in [0.29, 0.717) is 39.4 Å². The quantitative estimate of drug-likeness (QED) is 0.280. The van der Waals surface area contributed by atoms with Crippen molar-refractivity contribution in [3.8, 4) is 5.75 Å². The lowest BCUT2D eigenvalue weighted by Crippen LogP contribution is -2.40. The lowest BCUT2D eigenvalue weighted by atomic mass is 9.95. The van der Waals surface area contributed by atoms with Gasteiger partial charge < -0.3 is 9.47 Å². The minimum absolute atomic E-state index is 0.229. The molecule has 5 rings (SSSR count). The van der Waals surface area contributed by atoms with Gasteiger partial charge in [-0.05, 0) is 41.8 Å². The molecule has 6 nitrogen and oxygen atoms in total. The summed E-state index contributed by atoms with van der Waals surface area (Å²) in [6, 6.07) is 24.5. The molecule has 1 aromatic heterocycles. The Bertz CT molecular complexity index is 1690. The first-order valence-electron chi connectivity index (χ1n) is 12.1. The van der Waals surface area contributed by atoms with Crippen molar-refractivity contribution < 1.29 is 14.3 Å². The third-order valence-corrected chi connectivity index (χ3v) is 7.74. The van der Waals surface area contributed by atoms with E-state index in [2.05, 4.69) is 15.9 Å². The van der Waals surface area contributed by atoms with Crippen LogP contribution < -0.4 is 19.6 Å². The van der Waals surface area contributed by atoms with Gasteiger partial charge in [-0.25, -0.2) is 9.79 Å². The number of benzene rings is 3. The van der Waals surface area contributed by atoms with E-state index >= 15 is 0 Å². The molecule has 38 heavy (non-hydrogen) atoms. The minimum Gasteiger partial charge on any atom is -0.488 e. The Morgan fingerprint density at radius 1 is 1.08 bits per heavy atom. The number of hydrogen-bond acceptors (Lipinski definition) is 6. The van der Waals surface area contributed by atoms with Crippen LogP contribution in [-0.4, -0.2) is 17.6 Å². The van der Waals surface area contributed by atoms with Gasteiger partial charge in [0.05, 0.1) is 29.0 Å². The van der Waals surface area contributed by atoms with Crippen LogP contribution in [0.3, 0.4) is 0 Å². The Balaban J connectivity index is 1.65. The first kappa shape index (κ1) is 25.9. The van der Waals surface area contributed by atoms with Crippen molar-refractivity contribution in [3.05, 3.63) is 131 Å². The molecule has 0 radical (unpaired) electrons. The molecule has 3 aromatic carbocycles. The fourth-order valence-electron chi connectivity index (χ4n) is 4.46. The van der Waals surface area contributed by atoms with Crippen LogP contribution in [0.25, 0.3) is 6.08 Å². The van der Waals surface area contributed by atoms with Crippen molar-refractivity contribution in [1.82, 2.24) is 4.57 Å². The highest BCUT2D eigenvalue weighted by molar-refractivity contribution is 9.10. The average Bonchev–Trinajstić information content (AvgIpc) is 3.26. The largest absolute Gasteiger partial charge is 0.488 e. The Labute approximate surface area is 232 Å². The van der Waals surface area contributed by atoms with Gasteiger partial charge in [-0.2, -0.15) is 0 Å². The maximum absolute atomic E-state index is 13.9. The number of methoxy groups -OCH3 is 1. The molecule has 1 atom stereocenters. The molecule has 0 fully saturated rings. The van der Waals surface area contributed by atoms with Gasteiger partial charge in [0.25, 0.3) is 5.56 Å². The number of nitrogens with zero attached hydrogens (tertiary/aromatic N) is 2. The maximum atomic E-state index is 13.9. The molecule has 0 amide bonds. The maximum Gasteiger partial charge on any atom is 0.338 e. The number of esters is 1. The topological polar surface area (TPSA) is 69.9 Å². The van der Waals surface area contributed by atoms with Gasteiger partial charge in [-0.1, -0.05) is 94.9 Å². The Morgan fingerprint density at radius 2 is 1.79 bits per heavy atom. The molecule has 8 heteroatoms. The molecule has 0 N–H and O–H groups in total. The van der Waals surface area contributed by atoms with Crippen molar-refractivity contribution in [2.24, 2.45) is 4.99 Å². The number of fused-ring (bicyclic) bond motifs is 1. The van der Waals surface area contributed by atoms with Crippen LogP contribution in [-0.2, 0) is 16.1 Å². The molecule has 1 aliphatic heterocycles. The molecule has 192 valence electrons. The van der Waals surface area contributed by atoms with Gasteiger partial charge in [0.2, 0.25) is 0 Å². The SMILES string of the molecule is CCC1=C(C(=O)OC)[C@H](c2ccccc2)n2c(s/c(=C\c3cc(Br)ccc3OCc3ccccc3)c2=O)=N1. The van der Waals surface area contributed by atoms with Gasteiger partial charge in [0.1, 0.15) is 12.4 Å². The number of rotatable bonds is 7. The second-order valence-corrected chi connectivity index (χ2v) is 10.6. The van der Waals surface area contributed by atoms with Crippen molar-refractivity contribution in [1.29, 1.82) is 0 Å². The highest BCUT2D eigenvalue weighted by Crippen LogP contribution is 2.32. The summed E-state index contributed by atoms with van der Waals surface area (Å²) in [5.74, 6) is 0.171. The van der Waals surface area contributed by atoms with E-state index < -0.39 is 12.0 Å². The van der Waals surface area contributed by atoms with E-state index in [1.807, 2.05) is 91.9 Å². The van der Waals surface area contributed by atoms with Crippen molar-refractivity contribution in [3.63, 3.8) is 0 Å². The molecular formula is C30H25BrN2O4S. The first-order valence-corrected chi connectivity index (χ1v) is 13.8. The highest BCUT2D eigenvalue weighted by atomic mass is 79.9. The minimum atomic E-state index is -0.631. The Morgan fingerprint density at radius 3 is 2.47 bits per heavy atom. The van der Waals surface area contributed by atoms with Crippen molar-refractivity contribution in [2.75, 3.05) is 7.11 Å². The lowest BCUT2D eigenvalue weighted by molar-refractivity contribution is -0.136. The van der Waals surface area contributed by atoms with Crippen LogP contribution >= 0.6 is 27.3 Å². The molecular weight excluding hydrogens is 564 g/mol. The molecule has 0 unspecified atom stereocenters. The fraction of sp³-hybridized carbons (Fsp3) is 0.167. The first-order chi connectivity index (χ1) is 18.5. The smallest absolute Gasteiger partial charge is 0.338 e. The van der Waals surface area contributed by atoms with Gasteiger partial charge >= 0.3 is 5.97 Å². The molecule has 2 heterocycles. The monoisotopic (exact) mass is 588 g/mol. The summed E-state index contributed by atoms with van der Waals surface area (Å²) in [4.78, 5) is 32.1. The van der Waals surface area contributed by atoms with Crippen LogP contribution in [0.1, 0.15) is 36.1 Å². The van der Waals surface area contributed by atoms with E-state index in [-0.39, 0.29) is 5.56 Å². The van der Waals surface area contributed by atoms with Gasteiger partial charge in [0, 0.05) is 10.0 Å². The second kappa shape index (κ2) is 11.3. The van der Waals surface area contributed by atoms with Gasteiger partial charge in [0.15, 0.2) is 4.80 Å². The molecule has 0 bridgehead atoms. The van der Waals surface area contributed by atoms with E-state index in [1.54, 1.807) is 4.57 Å². The van der Waals surface area contributed by atoms with E-state index in [0.717, 1.165) is 21.2 Å².